The summed E-state index contributed by atoms with van der Waals surface area (Å²) in [5.74, 6) is 0. The van der Waals surface area contributed by atoms with Gasteiger partial charge in [0.15, 0.2) is 0 Å². The van der Waals surface area contributed by atoms with Crippen LogP contribution in [0.4, 0.5) is 0 Å². The average Bonchev–Trinajstić information content (AvgIpc) is 2.58. The van der Waals surface area contributed by atoms with Crippen molar-refractivity contribution >= 4 is 6.08 Å². The monoisotopic (exact) mass is 212 g/mol. The molecule has 0 unspecified atom stereocenters. The highest BCUT2D eigenvalue weighted by atomic mass is 14.2. The first-order valence-electron chi connectivity index (χ1n) is 5.88. The Morgan fingerprint density at radius 1 is 1.25 bits per heavy atom. The molecule has 2 rings (SSSR count). The van der Waals surface area contributed by atoms with E-state index in [9.17, 15) is 0 Å². The van der Waals surface area contributed by atoms with Crippen molar-refractivity contribution < 1.29 is 0 Å². The van der Waals surface area contributed by atoms with Gasteiger partial charge in [0.25, 0.3) is 0 Å². The molecule has 0 heterocycles. The molecule has 16 heavy (non-hydrogen) atoms. The van der Waals surface area contributed by atoms with Gasteiger partial charge in [-0.05, 0) is 41.0 Å². The van der Waals surface area contributed by atoms with Crippen molar-refractivity contribution in [1.82, 2.24) is 0 Å². The standard InChI is InChI=1S/C16H20/c1-11(2)13-8-12-6-7-15(16(3,4)5)10-14(12)9-13/h6-8,10H,1,9H2,2-5H3. The summed E-state index contributed by atoms with van der Waals surface area (Å²) < 4.78 is 0. The first kappa shape index (κ1) is 11.2. The molecule has 0 saturated heterocycles. The minimum absolute atomic E-state index is 0.237. The highest BCUT2D eigenvalue weighted by Crippen LogP contribution is 2.32. The lowest BCUT2D eigenvalue weighted by molar-refractivity contribution is 0.589. The molecule has 1 aromatic rings. The molecule has 0 atom stereocenters. The minimum Gasteiger partial charge on any atom is -0.0958 e. The lowest BCUT2D eigenvalue weighted by atomic mass is 9.85. The fourth-order valence-electron chi connectivity index (χ4n) is 2.08. The normalized spacial score (nSPS) is 14.6. The Morgan fingerprint density at radius 3 is 2.50 bits per heavy atom. The molecular formula is C16H20. The van der Waals surface area contributed by atoms with Crippen molar-refractivity contribution in [3.05, 3.63) is 52.6 Å². The Kier molecular flexibility index (Phi) is 2.53. The number of rotatable bonds is 1. The van der Waals surface area contributed by atoms with Gasteiger partial charge in [0.2, 0.25) is 0 Å². The quantitative estimate of drug-likeness (QED) is 0.643. The Labute approximate surface area is 98.7 Å². The topological polar surface area (TPSA) is 0 Å². The van der Waals surface area contributed by atoms with Crippen LogP contribution in [0, 0.1) is 0 Å². The average molecular weight is 212 g/mol. The predicted octanol–water partition coefficient (Wildman–Crippen LogP) is 4.50. The third kappa shape index (κ3) is 1.97. The molecule has 0 fully saturated rings. The second-order valence-electron chi connectivity index (χ2n) is 5.79. The van der Waals surface area contributed by atoms with Crippen LogP contribution >= 0.6 is 0 Å². The van der Waals surface area contributed by atoms with Crippen LogP contribution in [0.2, 0.25) is 0 Å². The zero-order valence-electron chi connectivity index (χ0n) is 10.7. The lowest BCUT2D eigenvalue weighted by Gasteiger charge is -2.20. The van der Waals surface area contributed by atoms with Crippen molar-refractivity contribution in [2.75, 3.05) is 0 Å². The largest absolute Gasteiger partial charge is 0.0958 e. The van der Waals surface area contributed by atoms with Crippen molar-refractivity contribution in [1.29, 1.82) is 0 Å². The second kappa shape index (κ2) is 3.62. The third-order valence-corrected chi connectivity index (χ3v) is 3.27. The molecule has 1 aromatic carbocycles. The van der Waals surface area contributed by atoms with Crippen LogP contribution in [-0.4, -0.2) is 0 Å². The first-order valence-corrected chi connectivity index (χ1v) is 5.88. The summed E-state index contributed by atoms with van der Waals surface area (Å²) in [6.07, 6.45) is 3.32. The highest BCUT2D eigenvalue weighted by Gasteiger charge is 2.18. The minimum atomic E-state index is 0.237. The third-order valence-electron chi connectivity index (χ3n) is 3.27. The van der Waals surface area contributed by atoms with Gasteiger partial charge in [-0.1, -0.05) is 57.2 Å². The van der Waals surface area contributed by atoms with E-state index in [2.05, 4.69) is 58.5 Å². The number of fused-ring (bicyclic) bond motifs is 1. The number of allylic oxidation sites excluding steroid dienone is 2. The molecule has 0 heteroatoms. The van der Waals surface area contributed by atoms with Gasteiger partial charge in [0, 0.05) is 0 Å². The summed E-state index contributed by atoms with van der Waals surface area (Å²) in [6, 6.07) is 6.84. The summed E-state index contributed by atoms with van der Waals surface area (Å²) in [7, 11) is 0. The van der Waals surface area contributed by atoms with E-state index in [1.807, 2.05) is 0 Å². The molecular weight excluding hydrogens is 192 g/mol. The molecule has 0 radical (unpaired) electrons. The molecule has 0 aliphatic heterocycles. The van der Waals surface area contributed by atoms with Crippen molar-refractivity contribution in [3.63, 3.8) is 0 Å². The van der Waals surface area contributed by atoms with E-state index in [0.717, 1.165) is 6.42 Å². The maximum atomic E-state index is 4.02. The molecule has 0 nitrogen and oxygen atoms in total. The van der Waals surface area contributed by atoms with Crippen LogP contribution in [0.1, 0.15) is 44.4 Å². The van der Waals surface area contributed by atoms with Crippen molar-refractivity contribution in [2.45, 2.75) is 39.5 Å². The SMILES string of the molecule is C=C(C)C1=Cc2ccc(C(C)(C)C)cc2C1. The summed E-state index contributed by atoms with van der Waals surface area (Å²) in [6.45, 7) is 12.9. The van der Waals surface area contributed by atoms with Crippen LogP contribution in [0.15, 0.2) is 35.9 Å². The van der Waals surface area contributed by atoms with Crippen LogP contribution in [0.25, 0.3) is 6.08 Å². The second-order valence-corrected chi connectivity index (χ2v) is 5.79. The Hall–Kier alpha value is -1.30. The van der Waals surface area contributed by atoms with E-state index < -0.39 is 0 Å². The zero-order valence-corrected chi connectivity index (χ0v) is 10.7. The fraction of sp³-hybridized carbons (Fsp3) is 0.375. The molecule has 0 amide bonds. The van der Waals surface area contributed by atoms with Gasteiger partial charge in [-0.2, -0.15) is 0 Å². The smallest absolute Gasteiger partial charge is 0.00171 e. The van der Waals surface area contributed by atoms with Crippen LogP contribution in [0.3, 0.4) is 0 Å². The van der Waals surface area contributed by atoms with E-state index in [-0.39, 0.29) is 5.41 Å². The summed E-state index contributed by atoms with van der Waals surface area (Å²) >= 11 is 0. The molecule has 84 valence electrons. The van der Waals surface area contributed by atoms with Gasteiger partial charge in [-0.25, -0.2) is 0 Å². The molecule has 0 aromatic heterocycles. The molecule has 1 aliphatic rings. The Bertz CT molecular complexity index is 467. The molecule has 1 aliphatic carbocycles. The van der Waals surface area contributed by atoms with E-state index in [0.29, 0.717) is 0 Å². The maximum Gasteiger partial charge on any atom is -0.00171 e. The molecule has 0 bridgehead atoms. The van der Waals surface area contributed by atoms with Crippen LogP contribution < -0.4 is 0 Å². The van der Waals surface area contributed by atoms with Crippen molar-refractivity contribution in [2.24, 2.45) is 0 Å². The van der Waals surface area contributed by atoms with E-state index in [4.69, 9.17) is 0 Å². The Morgan fingerprint density at radius 2 is 1.94 bits per heavy atom. The number of hydrogen-bond acceptors (Lipinski definition) is 0. The maximum absolute atomic E-state index is 4.02. The molecule has 0 spiro atoms. The van der Waals surface area contributed by atoms with Crippen LogP contribution in [-0.2, 0) is 11.8 Å². The molecule has 0 N–H and O–H groups in total. The molecule has 0 saturated carbocycles. The summed E-state index contributed by atoms with van der Waals surface area (Å²) in [5.41, 5.74) is 7.04. The fourth-order valence-corrected chi connectivity index (χ4v) is 2.08. The van der Waals surface area contributed by atoms with Gasteiger partial charge in [-0.15, -0.1) is 0 Å². The van der Waals surface area contributed by atoms with Gasteiger partial charge in [0.05, 0.1) is 0 Å². The van der Waals surface area contributed by atoms with Gasteiger partial charge < -0.3 is 0 Å². The zero-order chi connectivity index (χ0) is 11.9. The van der Waals surface area contributed by atoms with Gasteiger partial charge in [-0.3, -0.25) is 0 Å². The van der Waals surface area contributed by atoms with E-state index in [1.165, 1.54) is 27.8 Å². The van der Waals surface area contributed by atoms with Crippen molar-refractivity contribution in [3.8, 4) is 0 Å². The van der Waals surface area contributed by atoms with E-state index >= 15 is 0 Å². The highest BCUT2D eigenvalue weighted by molar-refractivity contribution is 5.68. The van der Waals surface area contributed by atoms with Crippen LogP contribution in [0.5, 0.6) is 0 Å². The number of hydrogen-bond donors (Lipinski definition) is 0. The summed E-state index contributed by atoms with van der Waals surface area (Å²) in [4.78, 5) is 0. The predicted molar refractivity (Wildman–Crippen MR) is 71.6 cm³/mol. The lowest BCUT2D eigenvalue weighted by Crippen LogP contribution is -2.11. The summed E-state index contributed by atoms with van der Waals surface area (Å²) in [5, 5.41) is 0. The first-order chi connectivity index (χ1) is 7.38. The van der Waals surface area contributed by atoms with E-state index in [1.54, 1.807) is 0 Å². The number of benzene rings is 1. The van der Waals surface area contributed by atoms with Gasteiger partial charge in [0.1, 0.15) is 0 Å². The Balaban J connectivity index is 2.37. The van der Waals surface area contributed by atoms with Gasteiger partial charge >= 0.3 is 0 Å².